The molecule has 1 rings (SSSR count). The number of nitrogens with zero attached hydrogens (tertiary/aromatic N) is 1. The number of aliphatic carboxylic acids is 1. The first-order valence-electron chi connectivity index (χ1n) is 6.91. The fourth-order valence-corrected chi connectivity index (χ4v) is 2.86. The minimum absolute atomic E-state index is 0.0411. The van der Waals surface area contributed by atoms with Crippen LogP contribution in [-0.4, -0.2) is 48.7 Å². The Labute approximate surface area is 114 Å². The quantitative estimate of drug-likeness (QED) is 0.797. The molecule has 1 N–H and O–H groups in total. The molecule has 0 aromatic heterocycles. The molecule has 0 radical (unpaired) electrons. The predicted molar refractivity (Wildman–Crippen MR) is 71.7 cm³/mol. The second kappa shape index (κ2) is 6.89. The number of carbonyl (C=O) groups excluding carboxylic acids is 1. The van der Waals surface area contributed by atoms with E-state index < -0.39 is 11.9 Å². The number of hydrogen-bond acceptors (Lipinski definition) is 3. The van der Waals surface area contributed by atoms with E-state index in [1.165, 1.54) is 0 Å². The minimum atomic E-state index is -0.845. The Morgan fingerprint density at radius 3 is 2.42 bits per heavy atom. The lowest BCUT2D eigenvalue weighted by molar-refractivity contribution is -0.149. The van der Waals surface area contributed by atoms with Crippen molar-refractivity contribution in [3.8, 4) is 0 Å². The molecule has 2 unspecified atom stereocenters. The maximum absolute atomic E-state index is 12.4. The number of carboxylic acids is 1. The van der Waals surface area contributed by atoms with E-state index in [0.29, 0.717) is 25.3 Å². The first kappa shape index (κ1) is 16.0. The molecule has 5 nitrogen and oxygen atoms in total. The smallest absolute Gasteiger partial charge is 0.307 e. The molecule has 5 heteroatoms. The van der Waals surface area contributed by atoms with Crippen LogP contribution in [0, 0.1) is 17.8 Å². The monoisotopic (exact) mass is 271 g/mol. The van der Waals surface area contributed by atoms with Crippen LogP contribution in [0.15, 0.2) is 0 Å². The molecule has 0 aromatic carbocycles. The van der Waals surface area contributed by atoms with E-state index in [2.05, 4.69) is 0 Å². The molecule has 0 heterocycles. The number of carbonyl (C=O) groups is 2. The van der Waals surface area contributed by atoms with Gasteiger partial charge in [0.15, 0.2) is 0 Å². The molecule has 0 spiro atoms. The third kappa shape index (κ3) is 3.93. The van der Waals surface area contributed by atoms with Gasteiger partial charge < -0.3 is 14.7 Å². The van der Waals surface area contributed by atoms with E-state index in [9.17, 15) is 14.7 Å². The van der Waals surface area contributed by atoms with Gasteiger partial charge in [0.1, 0.15) is 0 Å². The van der Waals surface area contributed by atoms with Crippen molar-refractivity contribution in [3.05, 3.63) is 0 Å². The van der Waals surface area contributed by atoms with Gasteiger partial charge in [-0.05, 0) is 25.7 Å². The molecule has 4 atom stereocenters. The molecular formula is C14H25NO4. The Balaban J connectivity index is 2.70. The van der Waals surface area contributed by atoms with Gasteiger partial charge in [-0.3, -0.25) is 9.59 Å². The zero-order valence-electron chi connectivity index (χ0n) is 12.3. The van der Waals surface area contributed by atoms with Gasteiger partial charge in [-0.2, -0.15) is 0 Å². The predicted octanol–water partition coefficient (Wildman–Crippen LogP) is 1.62. The van der Waals surface area contributed by atoms with Crippen molar-refractivity contribution in [2.75, 3.05) is 20.7 Å². The highest BCUT2D eigenvalue weighted by atomic mass is 16.5. The summed E-state index contributed by atoms with van der Waals surface area (Å²) < 4.78 is 5.14. The zero-order chi connectivity index (χ0) is 14.6. The van der Waals surface area contributed by atoms with Crippen LogP contribution >= 0.6 is 0 Å². The van der Waals surface area contributed by atoms with Gasteiger partial charge >= 0.3 is 5.97 Å². The number of hydrogen-bond donors (Lipinski definition) is 1. The van der Waals surface area contributed by atoms with Crippen LogP contribution in [0.3, 0.4) is 0 Å². The van der Waals surface area contributed by atoms with Crippen molar-refractivity contribution in [2.45, 2.75) is 39.2 Å². The van der Waals surface area contributed by atoms with Crippen LogP contribution < -0.4 is 0 Å². The van der Waals surface area contributed by atoms with Crippen molar-refractivity contribution in [2.24, 2.45) is 17.8 Å². The summed E-state index contributed by atoms with van der Waals surface area (Å²) in [6.45, 7) is 4.43. The van der Waals surface area contributed by atoms with E-state index >= 15 is 0 Å². The van der Waals surface area contributed by atoms with Crippen molar-refractivity contribution in [1.82, 2.24) is 4.90 Å². The highest BCUT2D eigenvalue weighted by molar-refractivity contribution is 5.85. The molecule has 0 bridgehead atoms. The largest absolute Gasteiger partial charge is 0.481 e. The molecule has 1 saturated carbocycles. The second-order valence-corrected chi connectivity index (χ2v) is 5.56. The Morgan fingerprint density at radius 1 is 1.37 bits per heavy atom. The van der Waals surface area contributed by atoms with Crippen molar-refractivity contribution in [1.29, 1.82) is 0 Å². The van der Waals surface area contributed by atoms with Crippen LogP contribution in [-0.2, 0) is 14.3 Å². The molecule has 19 heavy (non-hydrogen) atoms. The number of ether oxygens (including phenoxy) is 1. The van der Waals surface area contributed by atoms with E-state index in [-0.39, 0.29) is 17.9 Å². The third-order valence-electron chi connectivity index (χ3n) is 4.18. The number of likely N-dealkylation sites (N-methyl/N-ethyl adjacent to an activating group) is 1. The van der Waals surface area contributed by atoms with Crippen LogP contribution in [0.5, 0.6) is 0 Å². The van der Waals surface area contributed by atoms with Crippen LogP contribution in [0.25, 0.3) is 0 Å². The van der Waals surface area contributed by atoms with Gasteiger partial charge in [0.2, 0.25) is 5.91 Å². The maximum atomic E-state index is 12.4. The molecule has 0 saturated heterocycles. The average Bonchev–Trinajstić information content (AvgIpc) is 2.81. The van der Waals surface area contributed by atoms with E-state index in [1.54, 1.807) is 19.1 Å². The van der Waals surface area contributed by atoms with Gasteiger partial charge in [0, 0.05) is 20.7 Å². The Kier molecular flexibility index (Phi) is 5.79. The Morgan fingerprint density at radius 2 is 1.95 bits per heavy atom. The number of amides is 1. The van der Waals surface area contributed by atoms with Crippen LogP contribution in [0.2, 0.25) is 0 Å². The third-order valence-corrected chi connectivity index (χ3v) is 4.18. The average molecular weight is 271 g/mol. The molecule has 1 fully saturated rings. The van der Waals surface area contributed by atoms with Crippen molar-refractivity contribution < 1.29 is 19.4 Å². The van der Waals surface area contributed by atoms with E-state index in [4.69, 9.17) is 4.74 Å². The highest BCUT2D eigenvalue weighted by Gasteiger charge is 2.43. The summed E-state index contributed by atoms with van der Waals surface area (Å²) in [5.41, 5.74) is 0. The van der Waals surface area contributed by atoms with Gasteiger partial charge in [-0.25, -0.2) is 0 Å². The summed E-state index contributed by atoms with van der Waals surface area (Å²) in [5, 5.41) is 9.26. The lowest BCUT2D eigenvalue weighted by Crippen LogP contribution is -2.40. The highest BCUT2D eigenvalue weighted by Crippen LogP contribution is 2.39. The number of rotatable bonds is 6. The fraction of sp³-hybridized carbons (Fsp3) is 0.857. The topological polar surface area (TPSA) is 66.8 Å². The Bertz CT molecular complexity index is 331. The number of carboxylic acid groups (broad SMARTS) is 1. The van der Waals surface area contributed by atoms with Crippen LogP contribution in [0.4, 0.5) is 0 Å². The fourth-order valence-electron chi connectivity index (χ4n) is 2.86. The first-order valence-corrected chi connectivity index (χ1v) is 6.91. The minimum Gasteiger partial charge on any atom is -0.481 e. The van der Waals surface area contributed by atoms with E-state index in [0.717, 1.165) is 6.42 Å². The molecule has 0 aliphatic heterocycles. The summed E-state index contributed by atoms with van der Waals surface area (Å²) in [6.07, 6.45) is 2.21. The zero-order valence-corrected chi connectivity index (χ0v) is 12.3. The van der Waals surface area contributed by atoms with Crippen molar-refractivity contribution >= 4 is 11.9 Å². The second-order valence-electron chi connectivity index (χ2n) is 5.56. The molecule has 110 valence electrons. The SMILES string of the molecule is CCC1C[C@H](C(=O)N(C)CC(C)OC)[C@H](C(=O)O)C1. The lowest BCUT2D eigenvalue weighted by Gasteiger charge is -2.25. The molecule has 1 aliphatic rings. The molecule has 1 aliphatic carbocycles. The van der Waals surface area contributed by atoms with Gasteiger partial charge in [-0.1, -0.05) is 13.3 Å². The molecular weight excluding hydrogens is 246 g/mol. The summed E-state index contributed by atoms with van der Waals surface area (Å²) in [6, 6.07) is 0. The Hall–Kier alpha value is -1.10. The van der Waals surface area contributed by atoms with Gasteiger partial charge in [0.05, 0.1) is 17.9 Å². The molecule has 0 aromatic rings. The molecule has 1 amide bonds. The first-order chi connectivity index (χ1) is 8.90. The maximum Gasteiger partial charge on any atom is 0.307 e. The standard InChI is InChI=1S/C14H25NO4/c1-5-10-6-11(12(7-10)14(17)18)13(16)15(3)8-9(2)19-4/h9-12H,5-8H2,1-4H3,(H,17,18)/t9?,10?,11-,12+/m0/s1. The summed E-state index contributed by atoms with van der Waals surface area (Å²) in [7, 11) is 3.32. The summed E-state index contributed by atoms with van der Waals surface area (Å²) >= 11 is 0. The lowest BCUT2D eigenvalue weighted by atomic mass is 9.95. The number of methoxy groups -OCH3 is 1. The van der Waals surface area contributed by atoms with Gasteiger partial charge in [0.25, 0.3) is 0 Å². The van der Waals surface area contributed by atoms with Crippen LogP contribution in [0.1, 0.15) is 33.1 Å². The normalized spacial score (nSPS) is 28.1. The van der Waals surface area contributed by atoms with Crippen molar-refractivity contribution in [3.63, 3.8) is 0 Å². The summed E-state index contributed by atoms with van der Waals surface area (Å²) in [5.74, 6) is -1.47. The summed E-state index contributed by atoms with van der Waals surface area (Å²) in [4.78, 5) is 25.3. The van der Waals surface area contributed by atoms with E-state index in [1.807, 2.05) is 13.8 Å². The van der Waals surface area contributed by atoms with Gasteiger partial charge in [-0.15, -0.1) is 0 Å².